The van der Waals surface area contributed by atoms with Crippen LogP contribution in [0, 0.1) is 11.3 Å². The maximum absolute atomic E-state index is 13.1. The first-order valence-electron chi connectivity index (χ1n) is 9.63. The molecule has 2 amide bonds. The van der Waals surface area contributed by atoms with E-state index in [1.807, 2.05) is 4.90 Å². The van der Waals surface area contributed by atoms with Gasteiger partial charge in [0.2, 0.25) is 11.8 Å². The van der Waals surface area contributed by atoms with Gasteiger partial charge in [-0.2, -0.15) is 0 Å². The zero-order chi connectivity index (χ0) is 18.0. The molecule has 3 fully saturated rings. The van der Waals surface area contributed by atoms with Gasteiger partial charge in [0.25, 0.3) is 0 Å². The molecular formula is C19H26N4O2S. The normalized spacial score (nSPS) is 26.4. The van der Waals surface area contributed by atoms with Crippen LogP contribution < -0.4 is 0 Å². The molecule has 140 valence electrons. The van der Waals surface area contributed by atoms with Crippen LogP contribution in [0.3, 0.4) is 0 Å². The van der Waals surface area contributed by atoms with Crippen molar-refractivity contribution >= 4 is 23.6 Å². The number of aromatic nitrogens is 2. The van der Waals surface area contributed by atoms with Crippen molar-refractivity contribution in [1.29, 1.82) is 0 Å². The lowest BCUT2D eigenvalue weighted by Gasteiger charge is -2.42. The molecule has 4 rings (SSSR count). The van der Waals surface area contributed by atoms with Gasteiger partial charge in [-0.1, -0.05) is 18.2 Å². The maximum atomic E-state index is 13.1. The Balaban J connectivity index is 1.34. The molecule has 0 radical (unpaired) electrons. The van der Waals surface area contributed by atoms with Crippen LogP contribution in [-0.4, -0.2) is 63.5 Å². The van der Waals surface area contributed by atoms with Crippen molar-refractivity contribution in [3.8, 4) is 0 Å². The fourth-order valence-corrected chi connectivity index (χ4v) is 5.06. The van der Waals surface area contributed by atoms with Crippen LogP contribution in [-0.2, 0) is 9.59 Å². The smallest absolute Gasteiger partial charge is 0.233 e. The minimum Gasteiger partial charge on any atom is -0.342 e. The van der Waals surface area contributed by atoms with E-state index in [4.69, 9.17) is 0 Å². The van der Waals surface area contributed by atoms with Gasteiger partial charge in [0, 0.05) is 38.6 Å². The van der Waals surface area contributed by atoms with E-state index in [-0.39, 0.29) is 11.3 Å². The summed E-state index contributed by atoms with van der Waals surface area (Å²) in [5, 5.41) is 0.621. The van der Waals surface area contributed by atoms with Gasteiger partial charge >= 0.3 is 0 Å². The van der Waals surface area contributed by atoms with Crippen LogP contribution >= 0.6 is 11.8 Å². The van der Waals surface area contributed by atoms with Crippen molar-refractivity contribution in [1.82, 2.24) is 19.8 Å². The van der Waals surface area contributed by atoms with E-state index in [9.17, 15) is 9.59 Å². The van der Waals surface area contributed by atoms with E-state index in [1.54, 1.807) is 18.5 Å². The molecule has 1 aromatic heterocycles. The zero-order valence-electron chi connectivity index (χ0n) is 15.1. The fourth-order valence-electron chi connectivity index (χ4n) is 4.35. The van der Waals surface area contributed by atoms with E-state index in [0.717, 1.165) is 32.4 Å². The van der Waals surface area contributed by atoms with Crippen molar-refractivity contribution in [2.75, 3.05) is 31.9 Å². The number of carbonyl (C=O) groups excluding carboxylic acids is 2. The van der Waals surface area contributed by atoms with Gasteiger partial charge in [-0.05, 0) is 44.1 Å². The Hall–Kier alpha value is -1.63. The van der Waals surface area contributed by atoms with Gasteiger partial charge < -0.3 is 9.80 Å². The Kier molecular flexibility index (Phi) is 5.16. The van der Waals surface area contributed by atoms with E-state index in [2.05, 4.69) is 14.9 Å². The molecule has 1 aliphatic carbocycles. The highest BCUT2D eigenvalue weighted by molar-refractivity contribution is 7.99. The van der Waals surface area contributed by atoms with Crippen LogP contribution in [0.25, 0.3) is 0 Å². The lowest BCUT2D eigenvalue weighted by molar-refractivity contribution is -0.147. The Bertz CT molecular complexity index is 667. The van der Waals surface area contributed by atoms with Crippen LogP contribution in [0.1, 0.15) is 38.5 Å². The summed E-state index contributed by atoms with van der Waals surface area (Å²) in [5.41, 5.74) is -0.328. The summed E-state index contributed by atoms with van der Waals surface area (Å²) in [5.74, 6) is 1.42. The van der Waals surface area contributed by atoms with Crippen molar-refractivity contribution in [3.63, 3.8) is 0 Å². The highest BCUT2D eigenvalue weighted by Gasteiger charge is 2.49. The Morgan fingerprint density at radius 3 is 2.73 bits per heavy atom. The van der Waals surface area contributed by atoms with Crippen molar-refractivity contribution in [3.05, 3.63) is 18.5 Å². The second-order valence-corrected chi connectivity index (χ2v) is 8.76. The summed E-state index contributed by atoms with van der Waals surface area (Å²) >= 11 is 1.36. The molecular weight excluding hydrogens is 348 g/mol. The number of hydrogen-bond donors (Lipinski definition) is 0. The monoisotopic (exact) mass is 374 g/mol. The molecule has 0 unspecified atom stereocenters. The molecule has 1 saturated carbocycles. The molecule has 1 aromatic rings. The molecule has 0 aromatic carbocycles. The van der Waals surface area contributed by atoms with Crippen LogP contribution in [0.4, 0.5) is 0 Å². The fraction of sp³-hybridized carbons (Fsp3) is 0.684. The number of rotatable bonds is 5. The molecule has 3 heterocycles. The summed E-state index contributed by atoms with van der Waals surface area (Å²) in [4.78, 5) is 38.0. The van der Waals surface area contributed by atoms with Gasteiger partial charge in [-0.25, -0.2) is 9.97 Å². The highest BCUT2D eigenvalue weighted by atomic mass is 32.2. The molecule has 3 aliphatic rings. The average molecular weight is 375 g/mol. The summed E-state index contributed by atoms with van der Waals surface area (Å²) in [6.45, 7) is 3.10. The Labute approximate surface area is 158 Å². The SMILES string of the molecule is O=C(CSc1ncccn1)N1CC[C@]2(CCCN(CC3CCC3)C2=O)C1. The van der Waals surface area contributed by atoms with Crippen molar-refractivity contribution in [2.24, 2.45) is 11.3 Å². The predicted octanol–water partition coefficient (Wildman–Crippen LogP) is 2.21. The van der Waals surface area contributed by atoms with Crippen LogP contribution in [0.15, 0.2) is 23.6 Å². The van der Waals surface area contributed by atoms with E-state index in [0.29, 0.717) is 35.8 Å². The first kappa shape index (κ1) is 17.8. The summed E-state index contributed by atoms with van der Waals surface area (Å²) in [6, 6.07) is 1.76. The minimum atomic E-state index is -0.328. The number of thioether (sulfide) groups is 1. The summed E-state index contributed by atoms with van der Waals surface area (Å²) in [6.07, 6.45) is 10.00. The molecule has 2 aliphatic heterocycles. The van der Waals surface area contributed by atoms with Crippen LogP contribution in [0.5, 0.6) is 0 Å². The van der Waals surface area contributed by atoms with Gasteiger partial charge in [0.15, 0.2) is 5.16 Å². The summed E-state index contributed by atoms with van der Waals surface area (Å²) < 4.78 is 0. The molecule has 7 heteroatoms. The molecule has 1 spiro atoms. The quantitative estimate of drug-likeness (QED) is 0.584. The lowest BCUT2D eigenvalue weighted by Crippen LogP contribution is -2.52. The molecule has 0 N–H and O–H groups in total. The Morgan fingerprint density at radius 2 is 2.00 bits per heavy atom. The van der Waals surface area contributed by atoms with E-state index in [1.165, 1.54) is 31.0 Å². The third-order valence-electron chi connectivity index (χ3n) is 6.10. The standard InChI is InChI=1S/C19H26N4O2S/c24-16(13-26-18-20-8-3-9-21-18)23-11-7-19(14-23)6-2-10-22(17(19)25)12-15-4-1-5-15/h3,8-9,15H,1-2,4-7,10-14H2/t19-/m1/s1. The predicted molar refractivity (Wildman–Crippen MR) is 99.5 cm³/mol. The minimum absolute atomic E-state index is 0.0863. The molecule has 1 atom stereocenters. The van der Waals surface area contributed by atoms with E-state index >= 15 is 0 Å². The van der Waals surface area contributed by atoms with Crippen LogP contribution in [0.2, 0.25) is 0 Å². The molecule has 0 bridgehead atoms. The van der Waals surface area contributed by atoms with Crippen molar-refractivity contribution < 1.29 is 9.59 Å². The van der Waals surface area contributed by atoms with Gasteiger partial charge in [-0.15, -0.1) is 0 Å². The molecule has 6 nitrogen and oxygen atoms in total. The number of amides is 2. The number of nitrogens with zero attached hydrogens (tertiary/aromatic N) is 4. The number of hydrogen-bond acceptors (Lipinski definition) is 5. The zero-order valence-corrected chi connectivity index (χ0v) is 15.9. The van der Waals surface area contributed by atoms with Gasteiger partial charge in [0.1, 0.15) is 0 Å². The third-order valence-corrected chi connectivity index (χ3v) is 6.96. The highest BCUT2D eigenvalue weighted by Crippen LogP contribution is 2.41. The maximum Gasteiger partial charge on any atom is 0.233 e. The van der Waals surface area contributed by atoms with Crippen molar-refractivity contribution in [2.45, 2.75) is 43.7 Å². The second-order valence-electron chi connectivity index (χ2n) is 7.82. The average Bonchev–Trinajstić information content (AvgIpc) is 3.06. The topological polar surface area (TPSA) is 66.4 Å². The van der Waals surface area contributed by atoms with E-state index < -0.39 is 0 Å². The largest absolute Gasteiger partial charge is 0.342 e. The van der Waals surface area contributed by atoms with Gasteiger partial charge in [-0.3, -0.25) is 9.59 Å². The lowest BCUT2D eigenvalue weighted by atomic mass is 9.77. The third kappa shape index (κ3) is 3.59. The number of piperidine rings is 1. The first-order valence-corrected chi connectivity index (χ1v) is 10.6. The number of likely N-dealkylation sites (tertiary alicyclic amines) is 2. The second kappa shape index (κ2) is 7.55. The Morgan fingerprint density at radius 1 is 1.19 bits per heavy atom. The molecule has 26 heavy (non-hydrogen) atoms. The molecule has 2 saturated heterocycles. The summed E-state index contributed by atoms with van der Waals surface area (Å²) in [7, 11) is 0. The first-order chi connectivity index (χ1) is 12.7. The van der Waals surface area contributed by atoms with Gasteiger partial charge in [0.05, 0.1) is 11.2 Å². The number of carbonyl (C=O) groups is 2.